The van der Waals surface area contributed by atoms with Crippen molar-refractivity contribution in [2.24, 2.45) is 0 Å². The van der Waals surface area contributed by atoms with E-state index in [2.05, 4.69) is 6.07 Å². The number of aryl methyl sites for hydroxylation is 1. The molecule has 3 heteroatoms. The van der Waals surface area contributed by atoms with Gasteiger partial charge in [-0.1, -0.05) is 18.2 Å². The van der Waals surface area contributed by atoms with Gasteiger partial charge in [0.2, 0.25) is 0 Å². The fourth-order valence-corrected chi connectivity index (χ4v) is 2.15. The topological polar surface area (TPSA) is 29.5 Å². The molecular formula is C15H21NO2. The molecule has 1 aliphatic rings. The minimum absolute atomic E-state index is 0.0528. The Bertz CT molecular complexity index is 434. The first-order chi connectivity index (χ1) is 8.47. The van der Waals surface area contributed by atoms with E-state index in [9.17, 15) is 4.79 Å². The van der Waals surface area contributed by atoms with Crippen molar-refractivity contribution in [1.29, 1.82) is 0 Å². The molecule has 0 saturated carbocycles. The molecular weight excluding hydrogens is 226 g/mol. The van der Waals surface area contributed by atoms with E-state index >= 15 is 0 Å². The van der Waals surface area contributed by atoms with Crippen LogP contribution in [0.4, 0.5) is 5.69 Å². The highest BCUT2D eigenvalue weighted by molar-refractivity contribution is 5.95. The van der Waals surface area contributed by atoms with Crippen molar-refractivity contribution >= 4 is 11.6 Å². The summed E-state index contributed by atoms with van der Waals surface area (Å²) < 4.78 is 5.57. The number of para-hydroxylation sites is 1. The molecule has 0 saturated heterocycles. The Kier molecular flexibility index (Phi) is 3.71. The lowest BCUT2D eigenvalue weighted by molar-refractivity contribution is -0.128. The van der Waals surface area contributed by atoms with Crippen LogP contribution in [0.15, 0.2) is 24.3 Å². The summed E-state index contributed by atoms with van der Waals surface area (Å²) in [4.78, 5) is 14.1. The Labute approximate surface area is 109 Å². The van der Waals surface area contributed by atoms with Crippen molar-refractivity contribution in [3.63, 3.8) is 0 Å². The highest BCUT2D eigenvalue weighted by Crippen LogP contribution is 2.26. The van der Waals surface area contributed by atoms with Gasteiger partial charge in [-0.25, -0.2) is 0 Å². The van der Waals surface area contributed by atoms with Crippen LogP contribution in [0.1, 0.15) is 32.8 Å². The molecule has 0 atom stereocenters. The van der Waals surface area contributed by atoms with Gasteiger partial charge in [-0.05, 0) is 45.2 Å². The van der Waals surface area contributed by atoms with Crippen molar-refractivity contribution in [1.82, 2.24) is 0 Å². The number of rotatable bonds is 2. The van der Waals surface area contributed by atoms with E-state index in [1.807, 2.05) is 43.9 Å². The summed E-state index contributed by atoms with van der Waals surface area (Å²) >= 11 is 0. The second-order valence-electron chi connectivity index (χ2n) is 5.68. The van der Waals surface area contributed by atoms with Gasteiger partial charge in [0.15, 0.2) is 0 Å². The zero-order valence-electron chi connectivity index (χ0n) is 11.4. The average Bonchev–Trinajstić information content (AvgIpc) is 2.34. The van der Waals surface area contributed by atoms with Gasteiger partial charge in [-0.15, -0.1) is 0 Å². The molecule has 1 amide bonds. The van der Waals surface area contributed by atoms with E-state index in [0.29, 0.717) is 0 Å². The standard InChI is InChI=1S/C15H21NO2/c1-15(2,3)18-11-14(17)16-10-6-8-12-7-4-5-9-13(12)16/h4-5,7,9H,6,8,10-11H2,1-3H3. The summed E-state index contributed by atoms with van der Waals surface area (Å²) in [5.74, 6) is 0.0528. The van der Waals surface area contributed by atoms with E-state index in [1.54, 1.807) is 0 Å². The molecule has 98 valence electrons. The number of ether oxygens (including phenoxy) is 1. The highest BCUT2D eigenvalue weighted by atomic mass is 16.5. The smallest absolute Gasteiger partial charge is 0.253 e. The first kappa shape index (κ1) is 13.1. The maximum absolute atomic E-state index is 12.2. The van der Waals surface area contributed by atoms with Crippen molar-refractivity contribution in [3.05, 3.63) is 29.8 Å². The molecule has 2 rings (SSSR count). The number of nitrogens with zero attached hydrogens (tertiary/aromatic N) is 1. The van der Waals surface area contributed by atoms with Crippen LogP contribution < -0.4 is 4.90 Å². The second kappa shape index (κ2) is 5.11. The molecule has 0 fully saturated rings. The van der Waals surface area contributed by atoms with Gasteiger partial charge in [-0.2, -0.15) is 0 Å². The van der Waals surface area contributed by atoms with E-state index in [0.717, 1.165) is 25.1 Å². The van der Waals surface area contributed by atoms with Gasteiger partial charge in [0.05, 0.1) is 5.60 Å². The molecule has 0 spiro atoms. The molecule has 1 aliphatic heterocycles. The Morgan fingerprint density at radius 1 is 1.33 bits per heavy atom. The molecule has 3 nitrogen and oxygen atoms in total. The molecule has 0 aromatic heterocycles. The van der Waals surface area contributed by atoms with Crippen molar-refractivity contribution in [2.75, 3.05) is 18.1 Å². The van der Waals surface area contributed by atoms with Crippen LogP contribution in [0.5, 0.6) is 0 Å². The largest absolute Gasteiger partial charge is 0.366 e. The fraction of sp³-hybridized carbons (Fsp3) is 0.533. The molecule has 0 aliphatic carbocycles. The lowest BCUT2D eigenvalue weighted by Gasteiger charge is -2.30. The SMILES string of the molecule is CC(C)(C)OCC(=O)N1CCCc2ccccc21. The predicted molar refractivity (Wildman–Crippen MR) is 72.8 cm³/mol. The van der Waals surface area contributed by atoms with Crippen LogP contribution in [0.3, 0.4) is 0 Å². The number of hydrogen-bond acceptors (Lipinski definition) is 2. The van der Waals surface area contributed by atoms with Crippen LogP contribution in [0.2, 0.25) is 0 Å². The monoisotopic (exact) mass is 247 g/mol. The Balaban J connectivity index is 2.08. The average molecular weight is 247 g/mol. The van der Waals surface area contributed by atoms with Crippen molar-refractivity contribution < 1.29 is 9.53 Å². The van der Waals surface area contributed by atoms with Gasteiger partial charge in [0, 0.05) is 12.2 Å². The molecule has 1 heterocycles. The van der Waals surface area contributed by atoms with Gasteiger partial charge in [0.25, 0.3) is 5.91 Å². The summed E-state index contributed by atoms with van der Waals surface area (Å²) in [5, 5.41) is 0. The minimum atomic E-state index is -0.273. The van der Waals surface area contributed by atoms with Crippen LogP contribution >= 0.6 is 0 Å². The summed E-state index contributed by atoms with van der Waals surface area (Å²) in [6.45, 7) is 6.83. The third-order valence-electron chi connectivity index (χ3n) is 3.04. The number of amides is 1. The molecule has 1 aromatic rings. The summed E-state index contributed by atoms with van der Waals surface area (Å²) in [5.41, 5.74) is 2.03. The zero-order valence-corrected chi connectivity index (χ0v) is 11.4. The van der Waals surface area contributed by atoms with E-state index in [-0.39, 0.29) is 18.1 Å². The van der Waals surface area contributed by atoms with Gasteiger partial charge >= 0.3 is 0 Å². The first-order valence-corrected chi connectivity index (χ1v) is 6.49. The lowest BCUT2D eigenvalue weighted by Crippen LogP contribution is -2.39. The number of hydrogen-bond donors (Lipinski definition) is 0. The number of anilines is 1. The van der Waals surface area contributed by atoms with Crippen LogP contribution in [0.25, 0.3) is 0 Å². The van der Waals surface area contributed by atoms with E-state index in [1.165, 1.54) is 5.56 Å². The zero-order chi connectivity index (χ0) is 13.2. The Morgan fingerprint density at radius 3 is 2.78 bits per heavy atom. The molecule has 0 unspecified atom stereocenters. The fourth-order valence-electron chi connectivity index (χ4n) is 2.15. The maximum Gasteiger partial charge on any atom is 0.253 e. The van der Waals surface area contributed by atoms with Crippen molar-refractivity contribution in [3.8, 4) is 0 Å². The Morgan fingerprint density at radius 2 is 2.06 bits per heavy atom. The summed E-state index contributed by atoms with van der Waals surface area (Å²) in [7, 11) is 0. The lowest BCUT2D eigenvalue weighted by atomic mass is 10.0. The molecule has 1 aromatic carbocycles. The normalized spacial score (nSPS) is 15.4. The molecule has 0 radical (unpaired) electrons. The first-order valence-electron chi connectivity index (χ1n) is 6.49. The summed E-state index contributed by atoms with van der Waals surface area (Å²) in [6.07, 6.45) is 2.08. The second-order valence-corrected chi connectivity index (χ2v) is 5.68. The molecule has 0 N–H and O–H groups in total. The number of benzene rings is 1. The third kappa shape index (κ3) is 3.10. The maximum atomic E-state index is 12.2. The Hall–Kier alpha value is -1.35. The van der Waals surface area contributed by atoms with E-state index < -0.39 is 0 Å². The predicted octanol–water partition coefficient (Wildman–Crippen LogP) is 2.78. The number of carbonyl (C=O) groups is 1. The van der Waals surface area contributed by atoms with Crippen LogP contribution in [-0.2, 0) is 16.0 Å². The van der Waals surface area contributed by atoms with Gasteiger partial charge < -0.3 is 9.64 Å². The summed E-state index contributed by atoms with van der Waals surface area (Å²) in [6, 6.07) is 8.12. The number of fused-ring (bicyclic) bond motifs is 1. The third-order valence-corrected chi connectivity index (χ3v) is 3.04. The van der Waals surface area contributed by atoms with Gasteiger partial charge in [-0.3, -0.25) is 4.79 Å². The van der Waals surface area contributed by atoms with Crippen LogP contribution in [0, 0.1) is 0 Å². The van der Waals surface area contributed by atoms with Gasteiger partial charge in [0.1, 0.15) is 6.61 Å². The van der Waals surface area contributed by atoms with Crippen LogP contribution in [-0.4, -0.2) is 24.7 Å². The quantitative estimate of drug-likeness (QED) is 0.804. The molecule has 0 bridgehead atoms. The minimum Gasteiger partial charge on any atom is -0.366 e. The van der Waals surface area contributed by atoms with E-state index in [4.69, 9.17) is 4.74 Å². The number of carbonyl (C=O) groups excluding carboxylic acids is 1. The molecule has 18 heavy (non-hydrogen) atoms. The van der Waals surface area contributed by atoms with Crippen molar-refractivity contribution in [2.45, 2.75) is 39.2 Å². The highest BCUT2D eigenvalue weighted by Gasteiger charge is 2.23.